The quantitative estimate of drug-likeness (QED) is 0.683. The first-order valence-electron chi connectivity index (χ1n) is 9.91. The zero-order valence-electron chi connectivity index (χ0n) is 16.6. The Kier molecular flexibility index (Phi) is 6.34. The van der Waals surface area contributed by atoms with Crippen molar-refractivity contribution in [2.24, 2.45) is 0 Å². The van der Waals surface area contributed by atoms with Crippen LogP contribution in [0.5, 0.6) is 0 Å². The monoisotopic (exact) mass is 380 g/mol. The van der Waals surface area contributed by atoms with Crippen molar-refractivity contribution < 1.29 is 14.7 Å². The molecule has 0 bridgehead atoms. The number of Topliss-reactive ketones (excluding diaryl/α,β-unsaturated/α-hetero) is 1. The van der Waals surface area contributed by atoms with Crippen molar-refractivity contribution in [2.45, 2.75) is 45.6 Å². The number of hydrogen-bond donors (Lipinski definition) is 2. The van der Waals surface area contributed by atoms with Crippen molar-refractivity contribution in [3.63, 3.8) is 0 Å². The van der Waals surface area contributed by atoms with Crippen LogP contribution in [0.25, 0.3) is 0 Å². The van der Waals surface area contributed by atoms with Gasteiger partial charge in [0.2, 0.25) is 0 Å². The number of benzene rings is 2. The van der Waals surface area contributed by atoms with E-state index in [0.717, 1.165) is 41.2 Å². The van der Waals surface area contributed by atoms with Crippen LogP contribution in [0.4, 0.5) is 11.4 Å². The Morgan fingerprint density at radius 1 is 1.07 bits per heavy atom. The molecule has 1 saturated heterocycles. The highest BCUT2D eigenvalue weighted by Gasteiger charge is 2.15. The molecular formula is C23H28N2O3. The number of ketones is 1. The van der Waals surface area contributed by atoms with Gasteiger partial charge in [0.25, 0.3) is 0 Å². The number of carbonyl (C=O) groups excluding carboxylic acids is 1. The van der Waals surface area contributed by atoms with Gasteiger partial charge in [-0.2, -0.15) is 0 Å². The van der Waals surface area contributed by atoms with Gasteiger partial charge in [-0.25, -0.2) is 0 Å². The molecule has 2 N–H and O–H groups in total. The maximum atomic E-state index is 12.2. The zero-order chi connectivity index (χ0) is 20.1. The first-order valence-corrected chi connectivity index (χ1v) is 9.91. The van der Waals surface area contributed by atoms with Gasteiger partial charge in [-0.15, -0.1) is 0 Å². The number of carboxylic acid groups (broad SMARTS) is 1. The van der Waals surface area contributed by atoms with Gasteiger partial charge in [0.05, 0.1) is 5.92 Å². The lowest BCUT2D eigenvalue weighted by molar-refractivity contribution is -0.138. The Hall–Kier alpha value is -2.82. The number of rotatable bonds is 7. The van der Waals surface area contributed by atoms with Gasteiger partial charge in [-0.05, 0) is 68.5 Å². The van der Waals surface area contributed by atoms with E-state index < -0.39 is 11.9 Å². The van der Waals surface area contributed by atoms with E-state index in [2.05, 4.69) is 16.3 Å². The molecule has 0 aliphatic carbocycles. The number of aliphatic carboxylic acids is 1. The van der Waals surface area contributed by atoms with Crippen molar-refractivity contribution in [2.75, 3.05) is 23.3 Å². The van der Waals surface area contributed by atoms with E-state index in [9.17, 15) is 9.59 Å². The fourth-order valence-electron chi connectivity index (χ4n) is 3.62. The van der Waals surface area contributed by atoms with Crippen molar-refractivity contribution in [3.8, 4) is 0 Å². The second-order valence-corrected chi connectivity index (χ2v) is 7.48. The van der Waals surface area contributed by atoms with Gasteiger partial charge in [0, 0.05) is 36.6 Å². The van der Waals surface area contributed by atoms with Crippen LogP contribution in [-0.4, -0.2) is 29.9 Å². The number of piperidine rings is 1. The fourth-order valence-corrected chi connectivity index (χ4v) is 3.62. The minimum Gasteiger partial charge on any atom is -0.481 e. The zero-order valence-corrected chi connectivity index (χ0v) is 16.6. The molecule has 1 unspecified atom stereocenters. The number of carboxylic acids is 1. The minimum atomic E-state index is -0.833. The van der Waals surface area contributed by atoms with Gasteiger partial charge in [0.15, 0.2) is 5.78 Å². The molecule has 2 aromatic carbocycles. The summed E-state index contributed by atoms with van der Waals surface area (Å²) in [5.74, 6) is -1.29. The maximum Gasteiger partial charge on any atom is 0.310 e. The number of nitrogens with zero attached hydrogens (tertiary/aromatic N) is 1. The van der Waals surface area contributed by atoms with Crippen molar-refractivity contribution in [1.29, 1.82) is 0 Å². The molecule has 5 heteroatoms. The van der Waals surface area contributed by atoms with E-state index in [1.165, 1.54) is 19.3 Å². The van der Waals surface area contributed by atoms with Gasteiger partial charge < -0.3 is 15.3 Å². The average Bonchev–Trinajstić information content (AvgIpc) is 2.72. The molecule has 0 radical (unpaired) electrons. The lowest BCUT2D eigenvalue weighted by atomic mass is 10.0. The van der Waals surface area contributed by atoms with Gasteiger partial charge in [-0.1, -0.05) is 18.2 Å². The Morgan fingerprint density at radius 3 is 2.36 bits per heavy atom. The van der Waals surface area contributed by atoms with E-state index >= 15 is 0 Å². The molecule has 0 amide bonds. The van der Waals surface area contributed by atoms with E-state index in [4.69, 9.17) is 5.11 Å². The van der Waals surface area contributed by atoms with Gasteiger partial charge in [0.1, 0.15) is 0 Å². The smallest absolute Gasteiger partial charge is 0.310 e. The lowest BCUT2D eigenvalue weighted by Gasteiger charge is -2.29. The minimum absolute atomic E-state index is 0.0706. The van der Waals surface area contributed by atoms with Gasteiger partial charge >= 0.3 is 5.97 Å². The molecule has 1 aliphatic rings. The summed E-state index contributed by atoms with van der Waals surface area (Å²) >= 11 is 0. The van der Waals surface area contributed by atoms with E-state index in [1.807, 2.05) is 36.4 Å². The summed E-state index contributed by atoms with van der Waals surface area (Å²) in [5, 5.41) is 12.4. The van der Waals surface area contributed by atoms with E-state index in [0.29, 0.717) is 6.54 Å². The molecule has 5 nitrogen and oxygen atoms in total. The highest BCUT2D eigenvalue weighted by Crippen LogP contribution is 2.25. The molecule has 3 rings (SSSR count). The molecule has 1 fully saturated rings. The Balaban J connectivity index is 1.71. The summed E-state index contributed by atoms with van der Waals surface area (Å²) in [6, 6.07) is 13.6. The van der Waals surface area contributed by atoms with Crippen molar-refractivity contribution in [1.82, 2.24) is 0 Å². The highest BCUT2D eigenvalue weighted by atomic mass is 16.4. The summed E-state index contributed by atoms with van der Waals surface area (Å²) in [5.41, 5.74) is 4.52. The summed E-state index contributed by atoms with van der Waals surface area (Å²) in [4.78, 5) is 25.6. The van der Waals surface area contributed by atoms with Crippen molar-refractivity contribution >= 4 is 23.1 Å². The standard InChI is InChI=1S/C23H28N2O3/c1-16(23(27)28)18-6-9-20(10-7-18)24-15-19-8-11-21(14-22(19)17(2)26)25-12-4-3-5-13-25/h6-11,14,16,24H,3-5,12-13,15H2,1-2H3,(H,27,28). The molecule has 1 aliphatic heterocycles. The Labute approximate surface area is 166 Å². The summed E-state index contributed by atoms with van der Waals surface area (Å²) < 4.78 is 0. The molecule has 1 heterocycles. The van der Waals surface area contributed by atoms with E-state index in [-0.39, 0.29) is 5.78 Å². The molecule has 28 heavy (non-hydrogen) atoms. The summed E-state index contributed by atoms with van der Waals surface area (Å²) in [7, 11) is 0. The number of nitrogens with one attached hydrogen (secondary N) is 1. The Bertz CT molecular complexity index is 839. The third-order valence-electron chi connectivity index (χ3n) is 5.46. The van der Waals surface area contributed by atoms with Crippen molar-refractivity contribution in [3.05, 3.63) is 59.2 Å². The topological polar surface area (TPSA) is 69.6 Å². The third kappa shape index (κ3) is 4.71. The van der Waals surface area contributed by atoms with Crippen LogP contribution in [0.1, 0.15) is 60.5 Å². The largest absolute Gasteiger partial charge is 0.481 e. The third-order valence-corrected chi connectivity index (χ3v) is 5.46. The lowest BCUT2D eigenvalue weighted by Crippen LogP contribution is -2.29. The van der Waals surface area contributed by atoms with Crippen LogP contribution in [0.15, 0.2) is 42.5 Å². The van der Waals surface area contributed by atoms with Crippen LogP contribution in [-0.2, 0) is 11.3 Å². The summed E-state index contributed by atoms with van der Waals surface area (Å²) in [6.07, 6.45) is 3.69. The second-order valence-electron chi connectivity index (χ2n) is 7.48. The Morgan fingerprint density at radius 2 is 1.75 bits per heavy atom. The van der Waals surface area contributed by atoms with Crippen LogP contribution >= 0.6 is 0 Å². The van der Waals surface area contributed by atoms with Crippen LogP contribution in [0, 0.1) is 0 Å². The van der Waals surface area contributed by atoms with Crippen LogP contribution in [0.3, 0.4) is 0 Å². The molecule has 148 valence electrons. The number of carbonyl (C=O) groups is 2. The first kappa shape index (κ1) is 19.9. The predicted molar refractivity (Wildman–Crippen MR) is 112 cm³/mol. The SMILES string of the molecule is CC(=O)c1cc(N2CCCCC2)ccc1CNc1ccc(C(C)C(=O)O)cc1. The first-order chi connectivity index (χ1) is 13.5. The molecule has 0 saturated carbocycles. The van der Waals surface area contributed by atoms with Crippen LogP contribution < -0.4 is 10.2 Å². The van der Waals surface area contributed by atoms with Gasteiger partial charge in [-0.3, -0.25) is 9.59 Å². The average molecular weight is 380 g/mol. The summed E-state index contributed by atoms with van der Waals surface area (Å²) in [6.45, 7) is 5.93. The molecule has 0 spiro atoms. The molecule has 0 aromatic heterocycles. The maximum absolute atomic E-state index is 12.2. The highest BCUT2D eigenvalue weighted by molar-refractivity contribution is 5.96. The molecular weight excluding hydrogens is 352 g/mol. The normalized spacial score (nSPS) is 15.1. The molecule has 2 aromatic rings. The molecule has 1 atom stereocenters. The second kappa shape index (κ2) is 8.91. The van der Waals surface area contributed by atoms with E-state index in [1.54, 1.807) is 13.8 Å². The number of hydrogen-bond acceptors (Lipinski definition) is 4. The number of anilines is 2. The predicted octanol–water partition coefficient (Wildman–Crippen LogP) is 4.68. The fraction of sp³-hybridized carbons (Fsp3) is 0.391. The van der Waals surface area contributed by atoms with Crippen LogP contribution in [0.2, 0.25) is 0 Å².